The molecule has 1 aromatic carbocycles. The van der Waals surface area contributed by atoms with Gasteiger partial charge in [0.15, 0.2) is 0 Å². The average molecular weight is 351 g/mol. The molecular formula is C12H17Br2NO. The zero-order chi connectivity index (χ0) is 12.0. The predicted octanol–water partition coefficient (Wildman–Crippen LogP) is 3.84. The Bertz CT molecular complexity index is 331. The lowest BCUT2D eigenvalue weighted by Gasteiger charge is -2.14. The predicted molar refractivity (Wildman–Crippen MR) is 75.0 cm³/mol. The fraction of sp³-hybridized carbons (Fsp3) is 0.500. The number of hydrogen-bond donors (Lipinski definition) is 1. The third-order valence-corrected chi connectivity index (χ3v) is 3.27. The Morgan fingerprint density at radius 2 is 2.12 bits per heavy atom. The zero-order valence-corrected chi connectivity index (χ0v) is 12.8. The first-order valence-electron chi connectivity index (χ1n) is 5.42. The fourth-order valence-corrected chi connectivity index (χ4v) is 2.44. The molecule has 2 nitrogen and oxygen atoms in total. The van der Waals surface area contributed by atoms with Crippen LogP contribution in [-0.4, -0.2) is 19.7 Å². The molecule has 0 aliphatic carbocycles. The Labute approximate surface area is 114 Å². The quantitative estimate of drug-likeness (QED) is 0.841. The zero-order valence-electron chi connectivity index (χ0n) is 9.59. The number of benzene rings is 1. The van der Waals surface area contributed by atoms with Gasteiger partial charge >= 0.3 is 0 Å². The van der Waals surface area contributed by atoms with E-state index in [0.29, 0.717) is 5.92 Å². The maximum absolute atomic E-state index is 5.74. The van der Waals surface area contributed by atoms with Gasteiger partial charge in [0.05, 0.1) is 11.1 Å². The van der Waals surface area contributed by atoms with Gasteiger partial charge in [-0.2, -0.15) is 0 Å². The summed E-state index contributed by atoms with van der Waals surface area (Å²) in [4.78, 5) is 0. The molecule has 0 saturated carbocycles. The maximum atomic E-state index is 5.74. The molecule has 90 valence electrons. The van der Waals surface area contributed by atoms with Crippen molar-refractivity contribution in [3.05, 3.63) is 27.1 Å². The molecule has 1 rings (SSSR count). The Balaban J connectivity index is 2.42. The van der Waals surface area contributed by atoms with Gasteiger partial charge in [-0.25, -0.2) is 0 Å². The molecule has 4 heteroatoms. The molecule has 0 bridgehead atoms. The van der Waals surface area contributed by atoms with Crippen molar-refractivity contribution < 1.29 is 4.74 Å². The standard InChI is InChI=1S/C12H17Br2NO/c1-3-15-7-9(2)8-16-12-5-4-10(13)6-11(12)14/h4-6,9,15H,3,7-8H2,1-2H3. The second-order valence-corrected chi connectivity index (χ2v) is 5.57. The van der Waals surface area contributed by atoms with Crippen LogP contribution >= 0.6 is 31.9 Å². The van der Waals surface area contributed by atoms with Crippen LogP contribution in [0.2, 0.25) is 0 Å². The van der Waals surface area contributed by atoms with Crippen molar-refractivity contribution >= 4 is 31.9 Å². The second-order valence-electron chi connectivity index (χ2n) is 3.80. The molecule has 0 aliphatic rings. The molecule has 0 fully saturated rings. The van der Waals surface area contributed by atoms with Crippen molar-refractivity contribution in [1.82, 2.24) is 5.32 Å². The monoisotopic (exact) mass is 349 g/mol. The lowest BCUT2D eigenvalue weighted by Crippen LogP contribution is -2.24. The largest absolute Gasteiger partial charge is 0.492 e. The molecule has 16 heavy (non-hydrogen) atoms. The van der Waals surface area contributed by atoms with E-state index in [0.717, 1.165) is 34.4 Å². The van der Waals surface area contributed by atoms with Crippen LogP contribution in [0.5, 0.6) is 5.75 Å². The van der Waals surface area contributed by atoms with Crippen molar-refractivity contribution in [2.75, 3.05) is 19.7 Å². The summed E-state index contributed by atoms with van der Waals surface area (Å²) in [6.45, 7) is 7.01. The molecule has 1 N–H and O–H groups in total. The number of hydrogen-bond acceptors (Lipinski definition) is 2. The molecule has 0 aromatic heterocycles. The summed E-state index contributed by atoms with van der Waals surface area (Å²) in [5, 5.41) is 3.31. The lowest BCUT2D eigenvalue weighted by molar-refractivity contribution is 0.255. The molecule has 0 heterocycles. The van der Waals surface area contributed by atoms with Crippen molar-refractivity contribution in [2.45, 2.75) is 13.8 Å². The molecular weight excluding hydrogens is 334 g/mol. The van der Waals surface area contributed by atoms with Gasteiger partial charge < -0.3 is 10.1 Å². The van der Waals surface area contributed by atoms with Crippen LogP contribution in [0, 0.1) is 5.92 Å². The highest BCUT2D eigenvalue weighted by atomic mass is 79.9. The van der Waals surface area contributed by atoms with Crippen LogP contribution in [0.4, 0.5) is 0 Å². The van der Waals surface area contributed by atoms with Gasteiger partial charge in [-0.1, -0.05) is 29.8 Å². The summed E-state index contributed by atoms with van der Waals surface area (Å²) >= 11 is 6.89. The van der Waals surface area contributed by atoms with Crippen molar-refractivity contribution in [3.63, 3.8) is 0 Å². The van der Waals surface area contributed by atoms with Crippen molar-refractivity contribution in [1.29, 1.82) is 0 Å². The van der Waals surface area contributed by atoms with E-state index < -0.39 is 0 Å². The number of ether oxygens (including phenoxy) is 1. The summed E-state index contributed by atoms with van der Waals surface area (Å²) in [5.74, 6) is 1.40. The van der Waals surface area contributed by atoms with Crippen molar-refractivity contribution in [2.24, 2.45) is 5.92 Å². The topological polar surface area (TPSA) is 21.3 Å². The van der Waals surface area contributed by atoms with Gasteiger partial charge in [-0.05, 0) is 40.7 Å². The van der Waals surface area contributed by atoms with E-state index in [1.807, 2.05) is 18.2 Å². The highest BCUT2D eigenvalue weighted by Gasteiger charge is 2.05. The molecule has 0 amide bonds. The Morgan fingerprint density at radius 1 is 1.38 bits per heavy atom. The molecule has 0 spiro atoms. The average Bonchev–Trinajstić information content (AvgIpc) is 2.25. The third kappa shape index (κ3) is 4.85. The fourth-order valence-electron chi connectivity index (χ4n) is 1.27. The molecule has 0 radical (unpaired) electrons. The molecule has 1 aromatic rings. The SMILES string of the molecule is CCNCC(C)COc1ccc(Br)cc1Br. The van der Waals surface area contributed by atoms with Gasteiger partial charge in [-0.3, -0.25) is 0 Å². The van der Waals surface area contributed by atoms with Gasteiger partial charge in [0.25, 0.3) is 0 Å². The number of rotatable bonds is 6. The van der Waals surface area contributed by atoms with Gasteiger partial charge in [0.2, 0.25) is 0 Å². The Hall–Kier alpha value is -0.0600. The van der Waals surface area contributed by atoms with Gasteiger partial charge in [0, 0.05) is 16.9 Å². The first-order valence-corrected chi connectivity index (χ1v) is 7.00. The summed E-state index contributed by atoms with van der Waals surface area (Å²) in [6, 6.07) is 5.94. The summed E-state index contributed by atoms with van der Waals surface area (Å²) in [7, 11) is 0. The maximum Gasteiger partial charge on any atom is 0.133 e. The Morgan fingerprint density at radius 3 is 2.75 bits per heavy atom. The highest BCUT2D eigenvalue weighted by molar-refractivity contribution is 9.11. The van der Waals surface area contributed by atoms with Crippen molar-refractivity contribution in [3.8, 4) is 5.75 Å². The van der Waals surface area contributed by atoms with E-state index in [-0.39, 0.29) is 0 Å². The summed E-state index contributed by atoms with van der Waals surface area (Å²) in [6.07, 6.45) is 0. The van der Waals surface area contributed by atoms with Gasteiger partial charge in [-0.15, -0.1) is 0 Å². The van der Waals surface area contributed by atoms with Crippen LogP contribution in [0.25, 0.3) is 0 Å². The van der Waals surface area contributed by atoms with Crippen LogP contribution < -0.4 is 10.1 Å². The molecule has 1 atom stereocenters. The first-order chi connectivity index (χ1) is 7.63. The van der Waals surface area contributed by atoms with E-state index in [4.69, 9.17) is 4.74 Å². The molecule has 0 saturated heterocycles. The smallest absolute Gasteiger partial charge is 0.133 e. The molecule has 0 aliphatic heterocycles. The summed E-state index contributed by atoms with van der Waals surface area (Å²) < 4.78 is 7.78. The van der Waals surface area contributed by atoms with Crippen LogP contribution in [-0.2, 0) is 0 Å². The van der Waals surface area contributed by atoms with Gasteiger partial charge in [0.1, 0.15) is 5.75 Å². The normalized spacial score (nSPS) is 12.5. The van der Waals surface area contributed by atoms with E-state index >= 15 is 0 Å². The highest BCUT2D eigenvalue weighted by Crippen LogP contribution is 2.28. The van der Waals surface area contributed by atoms with Crippen LogP contribution in [0.1, 0.15) is 13.8 Å². The lowest BCUT2D eigenvalue weighted by atomic mass is 10.2. The molecule has 1 unspecified atom stereocenters. The third-order valence-electron chi connectivity index (χ3n) is 2.16. The van der Waals surface area contributed by atoms with E-state index in [9.17, 15) is 0 Å². The minimum atomic E-state index is 0.510. The van der Waals surface area contributed by atoms with Crippen LogP contribution in [0.15, 0.2) is 27.1 Å². The van der Waals surface area contributed by atoms with Crippen LogP contribution in [0.3, 0.4) is 0 Å². The minimum Gasteiger partial charge on any atom is -0.492 e. The van der Waals surface area contributed by atoms with E-state index in [1.165, 1.54) is 0 Å². The number of halogens is 2. The summed E-state index contributed by atoms with van der Waals surface area (Å²) in [5.41, 5.74) is 0. The minimum absolute atomic E-state index is 0.510. The Kier molecular flexibility index (Phi) is 6.39. The van der Waals surface area contributed by atoms with E-state index in [2.05, 4.69) is 51.0 Å². The number of nitrogens with one attached hydrogen (secondary N) is 1. The van der Waals surface area contributed by atoms with E-state index in [1.54, 1.807) is 0 Å². The first kappa shape index (κ1) is 14.0. The second kappa shape index (κ2) is 7.30.